The molecule has 6 nitrogen and oxygen atoms in total. The van der Waals surface area contributed by atoms with Crippen LogP contribution in [0, 0.1) is 0 Å². The van der Waals surface area contributed by atoms with Crippen molar-refractivity contribution in [2.45, 2.75) is 11.4 Å². The van der Waals surface area contributed by atoms with E-state index in [2.05, 4.69) is 15.6 Å². The van der Waals surface area contributed by atoms with Gasteiger partial charge in [0.15, 0.2) is 9.84 Å². The van der Waals surface area contributed by atoms with Crippen molar-refractivity contribution in [1.82, 2.24) is 10.3 Å². The number of benzene rings is 2. The van der Waals surface area contributed by atoms with E-state index in [1.807, 2.05) is 29.6 Å². The topological polar surface area (TPSA) is 88.2 Å². The van der Waals surface area contributed by atoms with Crippen molar-refractivity contribution in [3.8, 4) is 10.6 Å². The zero-order valence-electron chi connectivity index (χ0n) is 14.0. The van der Waals surface area contributed by atoms with Gasteiger partial charge >= 0.3 is 6.03 Å². The summed E-state index contributed by atoms with van der Waals surface area (Å²) in [7, 11) is -3.21. The van der Waals surface area contributed by atoms with Gasteiger partial charge in [-0.05, 0) is 42.0 Å². The highest BCUT2D eigenvalue weighted by atomic mass is 32.2. The van der Waals surface area contributed by atoms with E-state index in [0.717, 1.165) is 22.4 Å². The van der Waals surface area contributed by atoms with Crippen molar-refractivity contribution in [3.05, 3.63) is 65.7 Å². The molecular formula is C18H17N3O3S2. The van der Waals surface area contributed by atoms with Crippen molar-refractivity contribution in [2.75, 3.05) is 11.6 Å². The second-order valence-electron chi connectivity index (χ2n) is 5.64. The maximum Gasteiger partial charge on any atom is 0.319 e. The van der Waals surface area contributed by atoms with Gasteiger partial charge in [-0.2, -0.15) is 0 Å². The summed E-state index contributed by atoms with van der Waals surface area (Å²) in [4.78, 5) is 16.5. The van der Waals surface area contributed by atoms with Gasteiger partial charge in [0.25, 0.3) is 0 Å². The zero-order valence-corrected chi connectivity index (χ0v) is 15.6. The monoisotopic (exact) mass is 387 g/mol. The van der Waals surface area contributed by atoms with Crippen LogP contribution in [0.25, 0.3) is 10.6 Å². The van der Waals surface area contributed by atoms with E-state index >= 15 is 0 Å². The Morgan fingerprint density at radius 3 is 2.35 bits per heavy atom. The molecule has 0 bridgehead atoms. The van der Waals surface area contributed by atoms with E-state index in [-0.39, 0.29) is 10.9 Å². The lowest BCUT2D eigenvalue weighted by Gasteiger charge is -2.08. The minimum absolute atomic E-state index is 0.256. The van der Waals surface area contributed by atoms with Gasteiger partial charge in [0.05, 0.1) is 4.90 Å². The maximum atomic E-state index is 12.0. The Kier molecular flexibility index (Phi) is 5.34. The van der Waals surface area contributed by atoms with Gasteiger partial charge in [0.2, 0.25) is 0 Å². The summed E-state index contributed by atoms with van der Waals surface area (Å²) < 4.78 is 22.9. The lowest BCUT2D eigenvalue weighted by atomic mass is 10.2. The highest BCUT2D eigenvalue weighted by molar-refractivity contribution is 7.90. The number of rotatable bonds is 5. The predicted molar refractivity (Wildman–Crippen MR) is 103 cm³/mol. The number of carbonyl (C=O) groups is 1. The number of hydrogen-bond donors (Lipinski definition) is 2. The molecule has 3 aromatic rings. The normalized spacial score (nSPS) is 11.1. The van der Waals surface area contributed by atoms with Crippen LogP contribution in [-0.4, -0.2) is 25.7 Å². The summed E-state index contributed by atoms with van der Waals surface area (Å²) in [6, 6.07) is 13.5. The second-order valence-corrected chi connectivity index (χ2v) is 8.55. The number of hydrogen-bond acceptors (Lipinski definition) is 5. The van der Waals surface area contributed by atoms with Gasteiger partial charge in [-0.1, -0.05) is 12.1 Å². The smallest absolute Gasteiger partial charge is 0.319 e. The Bertz CT molecular complexity index is 981. The predicted octanol–water partition coefficient (Wildman–Crippen LogP) is 3.54. The molecule has 0 atom stereocenters. The van der Waals surface area contributed by atoms with Crippen LogP contribution in [0.3, 0.4) is 0 Å². The van der Waals surface area contributed by atoms with Crippen LogP contribution < -0.4 is 10.6 Å². The molecule has 0 saturated heterocycles. The summed E-state index contributed by atoms with van der Waals surface area (Å²) in [5, 5.41) is 8.34. The first kappa shape index (κ1) is 18.1. The van der Waals surface area contributed by atoms with Crippen LogP contribution in [0.2, 0.25) is 0 Å². The number of urea groups is 1. The van der Waals surface area contributed by atoms with E-state index in [9.17, 15) is 13.2 Å². The van der Waals surface area contributed by atoms with Crippen LogP contribution in [0.4, 0.5) is 10.5 Å². The lowest BCUT2D eigenvalue weighted by molar-refractivity contribution is 0.251. The second kappa shape index (κ2) is 7.67. The van der Waals surface area contributed by atoms with Gasteiger partial charge in [0.1, 0.15) is 5.01 Å². The Morgan fingerprint density at radius 2 is 1.77 bits per heavy atom. The van der Waals surface area contributed by atoms with E-state index in [4.69, 9.17) is 0 Å². The Morgan fingerprint density at radius 1 is 1.08 bits per heavy atom. The van der Waals surface area contributed by atoms with Crippen LogP contribution >= 0.6 is 11.3 Å². The van der Waals surface area contributed by atoms with E-state index in [1.54, 1.807) is 29.7 Å². The first-order valence-corrected chi connectivity index (χ1v) is 10.5. The summed E-state index contributed by atoms with van der Waals surface area (Å²) in [6.45, 7) is 0.299. The first-order chi connectivity index (χ1) is 12.4. The Balaban J connectivity index is 1.54. The van der Waals surface area contributed by atoms with E-state index in [0.29, 0.717) is 12.2 Å². The first-order valence-electron chi connectivity index (χ1n) is 7.75. The van der Waals surface area contributed by atoms with Crippen molar-refractivity contribution >= 4 is 32.9 Å². The molecule has 0 fully saturated rings. The number of nitrogens with one attached hydrogen (secondary N) is 2. The number of carbonyl (C=O) groups excluding carboxylic acids is 1. The van der Waals surface area contributed by atoms with E-state index < -0.39 is 9.84 Å². The molecule has 0 aliphatic carbocycles. The highest BCUT2D eigenvalue weighted by Crippen LogP contribution is 2.23. The third-order valence-electron chi connectivity index (χ3n) is 3.63. The fraction of sp³-hybridized carbons (Fsp3) is 0.111. The summed E-state index contributed by atoms with van der Waals surface area (Å²) in [5.74, 6) is 0. The molecule has 0 radical (unpaired) electrons. The van der Waals surface area contributed by atoms with Gasteiger partial charge in [-0.3, -0.25) is 0 Å². The summed E-state index contributed by atoms with van der Waals surface area (Å²) >= 11 is 1.56. The third kappa shape index (κ3) is 4.68. The van der Waals surface area contributed by atoms with Crippen LogP contribution in [0.15, 0.2) is 65.0 Å². The van der Waals surface area contributed by atoms with Crippen LogP contribution in [-0.2, 0) is 16.4 Å². The van der Waals surface area contributed by atoms with E-state index in [1.165, 1.54) is 12.1 Å². The number of nitrogens with zero attached hydrogens (tertiary/aromatic N) is 1. The van der Waals surface area contributed by atoms with Gasteiger partial charge in [0, 0.05) is 35.6 Å². The highest BCUT2D eigenvalue weighted by Gasteiger charge is 2.07. The molecule has 0 spiro atoms. The molecule has 0 saturated carbocycles. The molecule has 2 aromatic carbocycles. The molecule has 3 rings (SSSR count). The van der Waals surface area contributed by atoms with Gasteiger partial charge in [-0.25, -0.2) is 18.2 Å². The molecule has 1 aromatic heterocycles. The molecule has 134 valence electrons. The molecule has 1 heterocycles. The van der Waals surface area contributed by atoms with Crippen molar-refractivity contribution in [2.24, 2.45) is 0 Å². The molecular weight excluding hydrogens is 370 g/mol. The minimum Gasteiger partial charge on any atom is -0.334 e. The lowest BCUT2D eigenvalue weighted by Crippen LogP contribution is -2.28. The van der Waals surface area contributed by atoms with Gasteiger partial charge in [-0.15, -0.1) is 11.3 Å². The average Bonchev–Trinajstić information content (AvgIpc) is 3.15. The molecule has 0 aliphatic rings. The molecule has 0 aliphatic heterocycles. The third-order valence-corrected chi connectivity index (χ3v) is 5.58. The number of aromatic nitrogens is 1. The van der Waals surface area contributed by atoms with Crippen molar-refractivity contribution in [1.29, 1.82) is 0 Å². The number of thiazole rings is 1. The minimum atomic E-state index is -3.21. The van der Waals surface area contributed by atoms with Crippen molar-refractivity contribution in [3.63, 3.8) is 0 Å². The largest absolute Gasteiger partial charge is 0.334 e. The van der Waals surface area contributed by atoms with Crippen LogP contribution in [0.5, 0.6) is 0 Å². The molecule has 2 amide bonds. The number of anilines is 1. The Labute approximate surface area is 155 Å². The fourth-order valence-corrected chi connectivity index (χ4v) is 3.55. The van der Waals surface area contributed by atoms with Crippen LogP contribution in [0.1, 0.15) is 5.56 Å². The SMILES string of the molecule is CS(=O)(=O)c1ccc(CNC(=O)Nc2ccc(-c3nccs3)cc2)cc1. The fourth-order valence-electron chi connectivity index (χ4n) is 2.27. The quantitative estimate of drug-likeness (QED) is 0.701. The number of amides is 2. The molecule has 26 heavy (non-hydrogen) atoms. The van der Waals surface area contributed by atoms with Gasteiger partial charge < -0.3 is 10.6 Å². The average molecular weight is 387 g/mol. The molecule has 2 N–H and O–H groups in total. The Hall–Kier alpha value is -2.71. The summed E-state index contributed by atoms with van der Waals surface area (Å²) in [5.41, 5.74) is 2.49. The standard InChI is InChI=1S/C18H17N3O3S2/c1-26(23,24)16-8-2-13(3-9-16)12-20-18(22)21-15-6-4-14(5-7-15)17-19-10-11-25-17/h2-11H,12H2,1H3,(H2,20,21,22). The molecule has 8 heteroatoms. The van der Waals surface area contributed by atoms with Crippen molar-refractivity contribution < 1.29 is 13.2 Å². The maximum absolute atomic E-state index is 12.0. The number of sulfone groups is 1. The zero-order chi connectivity index (χ0) is 18.6. The molecule has 0 unspecified atom stereocenters. The summed E-state index contributed by atoms with van der Waals surface area (Å²) in [6.07, 6.45) is 2.91.